The average Bonchev–Trinajstić information content (AvgIpc) is 2.28. The zero-order valence-electron chi connectivity index (χ0n) is 9.48. The Hall–Kier alpha value is -1.39. The van der Waals surface area contributed by atoms with Crippen molar-refractivity contribution in [1.82, 2.24) is 0 Å². The summed E-state index contributed by atoms with van der Waals surface area (Å²) < 4.78 is 5.07. The van der Waals surface area contributed by atoms with Crippen LogP contribution in [0.5, 0.6) is 0 Å². The lowest BCUT2D eigenvalue weighted by atomic mass is 10.1. The van der Waals surface area contributed by atoms with E-state index in [4.69, 9.17) is 16.2 Å². The summed E-state index contributed by atoms with van der Waals surface area (Å²) in [6.45, 7) is 2.32. The molecule has 1 rings (SSSR count). The number of carbonyl (C=O) groups excluding carboxylic acids is 1. The molecule has 0 aromatic heterocycles. The van der Waals surface area contributed by atoms with Crippen molar-refractivity contribution in [3.05, 3.63) is 35.4 Å². The topological polar surface area (TPSA) is 78.3 Å². The molecule has 1 unspecified atom stereocenters. The second kappa shape index (κ2) is 6.25. The molecule has 0 saturated carbocycles. The van der Waals surface area contributed by atoms with E-state index in [1.165, 1.54) is 5.56 Å². The Morgan fingerprint density at radius 1 is 1.38 bits per heavy atom. The largest absolute Gasteiger partial charge is 0.370 e. The number of primary amides is 1. The Labute approximate surface area is 95.6 Å². The van der Waals surface area contributed by atoms with Gasteiger partial charge in [-0.1, -0.05) is 31.2 Å². The first-order valence-corrected chi connectivity index (χ1v) is 5.34. The minimum atomic E-state index is -0.478. The SMILES string of the molecule is CCc1ccc(C(N)COCC(N)=O)cc1. The fourth-order valence-electron chi connectivity index (χ4n) is 1.38. The third-order valence-electron chi connectivity index (χ3n) is 2.36. The van der Waals surface area contributed by atoms with E-state index in [0.29, 0.717) is 6.61 Å². The van der Waals surface area contributed by atoms with Crippen molar-refractivity contribution in [1.29, 1.82) is 0 Å². The number of hydrogen-bond acceptors (Lipinski definition) is 3. The zero-order valence-corrected chi connectivity index (χ0v) is 9.48. The summed E-state index contributed by atoms with van der Waals surface area (Å²) in [4.78, 5) is 10.5. The van der Waals surface area contributed by atoms with Crippen molar-refractivity contribution in [3.8, 4) is 0 Å². The second-order valence-electron chi connectivity index (χ2n) is 3.68. The molecule has 1 aromatic rings. The maximum Gasteiger partial charge on any atom is 0.243 e. The number of benzene rings is 1. The van der Waals surface area contributed by atoms with Gasteiger partial charge in [0, 0.05) is 0 Å². The maximum absolute atomic E-state index is 10.5. The van der Waals surface area contributed by atoms with Gasteiger partial charge in [-0.2, -0.15) is 0 Å². The van der Waals surface area contributed by atoms with Crippen LogP contribution in [-0.2, 0) is 16.0 Å². The van der Waals surface area contributed by atoms with Crippen LogP contribution in [0.25, 0.3) is 0 Å². The summed E-state index contributed by atoms with van der Waals surface area (Å²) in [5.41, 5.74) is 13.1. The standard InChI is InChI=1S/C12H18N2O2/c1-2-9-3-5-10(6-4-9)11(13)7-16-8-12(14)15/h3-6,11H,2,7-8,13H2,1H3,(H2,14,15). The van der Waals surface area contributed by atoms with Crippen molar-refractivity contribution in [2.45, 2.75) is 19.4 Å². The molecule has 0 fully saturated rings. The Balaban J connectivity index is 2.45. The summed E-state index contributed by atoms with van der Waals surface area (Å²) in [6, 6.07) is 7.84. The number of hydrogen-bond donors (Lipinski definition) is 2. The van der Waals surface area contributed by atoms with E-state index >= 15 is 0 Å². The molecule has 1 aromatic carbocycles. The van der Waals surface area contributed by atoms with Gasteiger partial charge in [-0.05, 0) is 17.5 Å². The highest BCUT2D eigenvalue weighted by Gasteiger charge is 2.06. The molecule has 0 saturated heterocycles. The molecule has 1 atom stereocenters. The van der Waals surface area contributed by atoms with E-state index < -0.39 is 5.91 Å². The van der Waals surface area contributed by atoms with Crippen LogP contribution in [0.1, 0.15) is 24.1 Å². The molecular formula is C12H18N2O2. The van der Waals surface area contributed by atoms with Gasteiger partial charge < -0.3 is 16.2 Å². The quantitative estimate of drug-likeness (QED) is 0.745. The van der Waals surface area contributed by atoms with Gasteiger partial charge in [-0.25, -0.2) is 0 Å². The maximum atomic E-state index is 10.5. The van der Waals surface area contributed by atoms with E-state index in [-0.39, 0.29) is 12.6 Å². The molecule has 0 radical (unpaired) electrons. The summed E-state index contributed by atoms with van der Waals surface area (Å²) in [5.74, 6) is -0.478. The van der Waals surface area contributed by atoms with Crippen LogP contribution < -0.4 is 11.5 Å². The molecule has 1 amide bonds. The number of carbonyl (C=O) groups is 1. The Morgan fingerprint density at radius 3 is 2.50 bits per heavy atom. The van der Waals surface area contributed by atoms with Crippen molar-refractivity contribution in [2.75, 3.05) is 13.2 Å². The first-order chi connectivity index (χ1) is 7.63. The van der Waals surface area contributed by atoms with Gasteiger partial charge >= 0.3 is 0 Å². The summed E-state index contributed by atoms with van der Waals surface area (Å²) in [7, 11) is 0. The fourth-order valence-corrected chi connectivity index (χ4v) is 1.38. The van der Waals surface area contributed by atoms with Gasteiger partial charge in [0.1, 0.15) is 6.61 Å². The third-order valence-corrected chi connectivity index (χ3v) is 2.36. The molecule has 88 valence electrons. The van der Waals surface area contributed by atoms with Crippen LogP contribution in [0, 0.1) is 0 Å². The zero-order chi connectivity index (χ0) is 12.0. The first-order valence-electron chi connectivity index (χ1n) is 5.34. The van der Waals surface area contributed by atoms with Crippen LogP contribution >= 0.6 is 0 Å². The number of amides is 1. The molecule has 0 aliphatic rings. The number of aryl methyl sites for hydroxylation is 1. The predicted molar refractivity (Wildman–Crippen MR) is 62.8 cm³/mol. The molecule has 0 bridgehead atoms. The minimum absolute atomic E-state index is 0.0826. The third kappa shape index (κ3) is 4.00. The van der Waals surface area contributed by atoms with Gasteiger partial charge in [-0.15, -0.1) is 0 Å². The van der Waals surface area contributed by atoms with E-state index in [9.17, 15) is 4.79 Å². The Bertz CT molecular complexity index is 335. The molecule has 0 aliphatic heterocycles. The van der Waals surface area contributed by atoms with Crippen molar-refractivity contribution < 1.29 is 9.53 Å². The smallest absolute Gasteiger partial charge is 0.243 e. The molecule has 16 heavy (non-hydrogen) atoms. The van der Waals surface area contributed by atoms with Crippen molar-refractivity contribution in [3.63, 3.8) is 0 Å². The fraction of sp³-hybridized carbons (Fsp3) is 0.417. The lowest BCUT2D eigenvalue weighted by Gasteiger charge is -2.12. The Morgan fingerprint density at radius 2 is 2.00 bits per heavy atom. The Kier molecular flexibility index (Phi) is 4.95. The van der Waals surface area contributed by atoms with Crippen LogP contribution in [0.3, 0.4) is 0 Å². The highest BCUT2D eigenvalue weighted by atomic mass is 16.5. The second-order valence-corrected chi connectivity index (χ2v) is 3.68. The summed E-state index contributed by atoms with van der Waals surface area (Å²) >= 11 is 0. The number of nitrogens with two attached hydrogens (primary N) is 2. The minimum Gasteiger partial charge on any atom is -0.370 e. The van der Waals surface area contributed by atoms with Gasteiger partial charge in [0.2, 0.25) is 5.91 Å². The van der Waals surface area contributed by atoms with Gasteiger partial charge in [0.25, 0.3) is 0 Å². The van der Waals surface area contributed by atoms with Crippen LogP contribution in [-0.4, -0.2) is 19.1 Å². The van der Waals surface area contributed by atoms with Gasteiger partial charge in [0.15, 0.2) is 0 Å². The highest BCUT2D eigenvalue weighted by Crippen LogP contribution is 2.12. The van der Waals surface area contributed by atoms with Crippen molar-refractivity contribution >= 4 is 5.91 Å². The summed E-state index contributed by atoms with van der Waals surface area (Å²) in [6.07, 6.45) is 1.01. The lowest BCUT2D eigenvalue weighted by Crippen LogP contribution is -2.23. The molecule has 0 spiro atoms. The number of rotatable bonds is 6. The predicted octanol–water partition coefficient (Wildman–Crippen LogP) is 0.751. The van der Waals surface area contributed by atoms with Crippen LogP contribution in [0.4, 0.5) is 0 Å². The highest BCUT2D eigenvalue weighted by molar-refractivity contribution is 5.74. The molecule has 0 aliphatic carbocycles. The van der Waals surface area contributed by atoms with E-state index in [1.54, 1.807) is 0 Å². The van der Waals surface area contributed by atoms with E-state index in [2.05, 4.69) is 6.92 Å². The molecular weight excluding hydrogens is 204 g/mol. The molecule has 4 N–H and O–H groups in total. The van der Waals surface area contributed by atoms with Crippen LogP contribution in [0.15, 0.2) is 24.3 Å². The number of ether oxygens (including phenoxy) is 1. The normalized spacial score (nSPS) is 12.4. The van der Waals surface area contributed by atoms with Gasteiger partial charge in [-0.3, -0.25) is 4.79 Å². The van der Waals surface area contributed by atoms with E-state index in [0.717, 1.165) is 12.0 Å². The molecule has 4 heteroatoms. The molecule has 4 nitrogen and oxygen atoms in total. The average molecular weight is 222 g/mol. The van der Waals surface area contributed by atoms with E-state index in [1.807, 2.05) is 24.3 Å². The summed E-state index contributed by atoms with van der Waals surface area (Å²) in [5, 5.41) is 0. The van der Waals surface area contributed by atoms with Gasteiger partial charge in [0.05, 0.1) is 12.6 Å². The van der Waals surface area contributed by atoms with Crippen LogP contribution in [0.2, 0.25) is 0 Å². The molecule has 0 heterocycles. The monoisotopic (exact) mass is 222 g/mol. The lowest BCUT2D eigenvalue weighted by molar-refractivity contribution is -0.122. The van der Waals surface area contributed by atoms with Crippen molar-refractivity contribution in [2.24, 2.45) is 11.5 Å². The first kappa shape index (κ1) is 12.7.